The molecule has 2 aliphatic rings. The molecule has 0 aromatic rings. The van der Waals surface area contributed by atoms with E-state index in [0.29, 0.717) is 18.5 Å². The molecule has 1 heterocycles. The molecule has 0 bridgehead atoms. The highest BCUT2D eigenvalue weighted by Gasteiger charge is 2.40. The number of hydrogen-bond acceptors (Lipinski definition) is 2. The van der Waals surface area contributed by atoms with Crippen LogP contribution in [0.5, 0.6) is 0 Å². The van der Waals surface area contributed by atoms with Crippen LogP contribution in [0.3, 0.4) is 0 Å². The minimum atomic E-state index is -0.186. The van der Waals surface area contributed by atoms with Gasteiger partial charge in [0, 0.05) is 31.7 Å². The van der Waals surface area contributed by atoms with Gasteiger partial charge < -0.3 is 5.32 Å². The third-order valence-corrected chi connectivity index (χ3v) is 4.22. The molecule has 2 atom stereocenters. The summed E-state index contributed by atoms with van der Waals surface area (Å²) in [5.74, 6) is 0.892. The maximum absolute atomic E-state index is 12.4. The Morgan fingerprint density at radius 1 is 1.29 bits per heavy atom. The second-order valence-electron chi connectivity index (χ2n) is 6.77. The lowest BCUT2D eigenvalue weighted by atomic mass is 9.83. The predicted octanol–water partition coefficient (Wildman–Crippen LogP) is 2.44. The van der Waals surface area contributed by atoms with Gasteiger partial charge in [0.2, 0.25) is 0 Å². The first-order valence-corrected chi connectivity index (χ1v) is 7.06. The van der Waals surface area contributed by atoms with Gasteiger partial charge in [0.05, 0.1) is 6.67 Å². The first kappa shape index (κ1) is 13.3. The number of halogens is 1. The van der Waals surface area contributed by atoms with Crippen LogP contribution in [0.15, 0.2) is 0 Å². The fourth-order valence-corrected chi connectivity index (χ4v) is 3.01. The van der Waals surface area contributed by atoms with Gasteiger partial charge >= 0.3 is 0 Å². The molecule has 2 unspecified atom stereocenters. The van der Waals surface area contributed by atoms with E-state index in [4.69, 9.17) is 0 Å². The number of nitrogens with zero attached hydrogens (tertiary/aromatic N) is 1. The molecule has 1 aliphatic heterocycles. The maximum Gasteiger partial charge on any atom is 0.0906 e. The minimum absolute atomic E-state index is 0.186. The molecular weight excluding hydrogens is 215 g/mol. The average molecular weight is 242 g/mol. The van der Waals surface area contributed by atoms with Crippen LogP contribution in [0.25, 0.3) is 0 Å². The third kappa shape index (κ3) is 3.41. The van der Waals surface area contributed by atoms with Crippen LogP contribution in [-0.4, -0.2) is 43.3 Å². The molecule has 0 aromatic heterocycles. The summed E-state index contributed by atoms with van der Waals surface area (Å²) in [6.45, 7) is 9.79. The molecule has 0 radical (unpaired) electrons. The van der Waals surface area contributed by atoms with Gasteiger partial charge in [-0.2, -0.15) is 0 Å². The Balaban J connectivity index is 1.95. The van der Waals surface area contributed by atoms with Gasteiger partial charge in [-0.1, -0.05) is 20.8 Å². The topological polar surface area (TPSA) is 15.3 Å². The Labute approximate surface area is 105 Å². The van der Waals surface area contributed by atoms with E-state index in [9.17, 15) is 4.39 Å². The van der Waals surface area contributed by atoms with Gasteiger partial charge in [-0.05, 0) is 30.6 Å². The normalized spacial score (nSPS) is 31.8. The van der Waals surface area contributed by atoms with Gasteiger partial charge in [-0.3, -0.25) is 9.29 Å². The third-order valence-electron chi connectivity index (χ3n) is 4.22. The van der Waals surface area contributed by atoms with Crippen LogP contribution >= 0.6 is 0 Å². The van der Waals surface area contributed by atoms with Gasteiger partial charge in [-0.15, -0.1) is 0 Å². The Hall–Kier alpha value is -0.150. The van der Waals surface area contributed by atoms with Crippen LogP contribution in [0.1, 0.15) is 40.0 Å². The average Bonchev–Trinajstić information content (AvgIpc) is 3.08. The highest BCUT2D eigenvalue weighted by molar-refractivity contribution is 4.97. The fourth-order valence-electron chi connectivity index (χ4n) is 3.01. The van der Waals surface area contributed by atoms with Crippen LogP contribution in [0.2, 0.25) is 0 Å². The summed E-state index contributed by atoms with van der Waals surface area (Å²) >= 11 is 0. The summed E-state index contributed by atoms with van der Waals surface area (Å²) in [5.41, 5.74) is 0.276. The van der Waals surface area contributed by atoms with Crippen molar-refractivity contribution in [1.29, 1.82) is 0 Å². The van der Waals surface area contributed by atoms with Crippen molar-refractivity contribution in [3.05, 3.63) is 0 Å². The highest BCUT2D eigenvalue weighted by atomic mass is 19.1. The van der Waals surface area contributed by atoms with Crippen LogP contribution in [0.4, 0.5) is 4.39 Å². The number of nitrogens with one attached hydrogen (secondary N) is 1. The molecule has 1 saturated heterocycles. The Bertz CT molecular complexity index is 245. The van der Waals surface area contributed by atoms with E-state index in [1.54, 1.807) is 0 Å². The quantitative estimate of drug-likeness (QED) is 0.814. The molecule has 100 valence electrons. The largest absolute Gasteiger partial charge is 0.311 e. The zero-order valence-electron chi connectivity index (χ0n) is 11.5. The summed E-state index contributed by atoms with van der Waals surface area (Å²) in [4.78, 5) is 2.53. The smallest absolute Gasteiger partial charge is 0.0906 e. The second kappa shape index (κ2) is 5.23. The van der Waals surface area contributed by atoms with Gasteiger partial charge in [0.1, 0.15) is 0 Å². The molecule has 1 saturated carbocycles. The van der Waals surface area contributed by atoms with Crippen molar-refractivity contribution in [3.8, 4) is 0 Å². The SMILES string of the molecule is CC(C)(C)C1CNC(C2CC2)CN1CCCF. The van der Waals surface area contributed by atoms with E-state index < -0.39 is 0 Å². The molecule has 2 fully saturated rings. The fraction of sp³-hybridized carbons (Fsp3) is 1.00. The Morgan fingerprint density at radius 2 is 2.00 bits per heavy atom. The summed E-state index contributed by atoms with van der Waals surface area (Å²) in [6, 6.07) is 1.21. The molecule has 0 amide bonds. The van der Waals surface area contributed by atoms with Crippen LogP contribution in [-0.2, 0) is 0 Å². The standard InChI is InChI=1S/C14H27FN2/c1-14(2,3)13-9-16-12(11-5-6-11)10-17(13)8-4-7-15/h11-13,16H,4-10H2,1-3H3. The lowest BCUT2D eigenvalue weighted by Crippen LogP contribution is -2.61. The Kier molecular flexibility index (Phi) is 4.09. The van der Waals surface area contributed by atoms with E-state index in [1.165, 1.54) is 12.8 Å². The number of piperazine rings is 1. The zero-order valence-corrected chi connectivity index (χ0v) is 11.5. The zero-order chi connectivity index (χ0) is 12.5. The van der Waals surface area contributed by atoms with Crippen molar-refractivity contribution in [2.45, 2.75) is 52.1 Å². The van der Waals surface area contributed by atoms with Crippen molar-refractivity contribution >= 4 is 0 Å². The Morgan fingerprint density at radius 3 is 2.53 bits per heavy atom. The van der Waals surface area contributed by atoms with E-state index >= 15 is 0 Å². The summed E-state index contributed by atoms with van der Waals surface area (Å²) in [7, 11) is 0. The summed E-state index contributed by atoms with van der Waals surface area (Å²) in [6.07, 6.45) is 3.45. The molecular formula is C14H27FN2. The maximum atomic E-state index is 12.4. The lowest BCUT2D eigenvalue weighted by Gasteiger charge is -2.46. The predicted molar refractivity (Wildman–Crippen MR) is 69.9 cm³/mol. The second-order valence-corrected chi connectivity index (χ2v) is 6.77. The first-order valence-electron chi connectivity index (χ1n) is 7.06. The van der Waals surface area contributed by atoms with E-state index in [1.807, 2.05) is 0 Å². The molecule has 2 nitrogen and oxygen atoms in total. The number of hydrogen-bond donors (Lipinski definition) is 1. The molecule has 1 N–H and O–H groups in total. The van der Waals surface area contributed by atoms with Crippen molar-refractivity contribution in [2.24, 2.45) is 11.3 Å². The number of alkyl halides is 1. The first-order chi connectivity index (χ1) is 8.02. The van der Waals surface area contributed by atoms with Crippen molar-refractivity contribution in [1.82, 2.24) is 10.2 Å². The molecule has 0 spiro atoms. The summed E-state index contributed by atoms with van der Waals surface area (Å²) in [5, 5.41) is 3.71. The van der Waals surface area contributed by atoms with Gasteiger partial charge in [0.25, 0.3) is 0 Å². The molecule has 3 heteroatoms. The van der Waals surface area contributed by atoms with Gasteiger partial charge in [0.15, 0.2) is 0 Å². The van der Waals surface area contributed by atoms with Crippen molar-refractivity contribution in [3.63, 3.8) is 0 Å². The molecule has 17 heavy (non-hydrogen) atoms. The molecule has 1 aliphatic carbocycles. The van der Waals surface area contributed by atoms with Crippen molar-refractivity contribution in [2.75, 3.05) is 26.3 Å². The van der Waals surface area contributed by atoms with Crippen LogP contribution < -0.4 is 5.32 Å². The lowest BCUT2D eigenvalue weighted by molar-refractivity contribution is 0.0490. The monoisotopic (exact) mass is 242 g/mol. The van der Waals surface area contributed by atoms with Crippen LogP contribution in [0, 0.1) is 11.3 Å². The number of rotatable bonds is 4. The van der Waals surface area contributed by atoms with Crippen molar-refractivity contribution < 1.29 is 4.39 Å². The van der Waals surface area contributed by atoms with E-state index in [2.05, 4.69) is 31.0 Å². The highest BCUT2D eigenvalue weighted by Crippen LogP contribution is 2.36. The molecule has 2 rings (SSSR count). The van der Waals surface area contributed by atoms with Gasteiger partial charge in [-0.25, -0.2) is 0 Å². The van der Waals surface area contributed by atoms with E-state index in [-0.39, 0.29) is 12.1 Å². The van der Waals surface area contributed by atoms with E-state index in [0.717, 1.165) is 25.6 Å². The summed E-state index contributed by atoms with van der Waals surface area (Å²) < 4.78 is 12.4. The minimum Gasteiger partial charge on any atom is -0.311 e. The molecule has 0 aromatic carbocycles.